The Morgan fingerprint density at radius 3 is 2.90 bits per heavy atom. The number of aromatic nitrogens is 1. The van der Waals surface area contributed by atoms with E-state index in [1.165, 1.54) is 0 Å². The highest BCUT2D eigenvalue weighted by Gasteiger charge is 2.05. The van der Waals surface area contributed by atoms with Crippen molar-refractivity contribution < 1.29 is 9.53 Å². The Bertz CT molecular complexity index is 410. The molecule has 1 aromatic rings. The zero-order valence-corrected chi connectivity index (χ0v) is 12.5. The molecule has 0 unspecified atom stereocenters. The van der Waals surface area contributed by atoms with E-state index in [0.717, 1.165) is 18.8 Å². The van der Waals surface area contributed by atoms with Crippen LogP contribution in [0.15, 0.2) is 18.3 Å². The smallest absolute Gasteiger partial charge is 0.269 e. The van der Waals surface area contributed by atoms with Crippen LogP contribution in [0.25, 0.3) is 0 Å². The summed E-state index contributed by atoms with van der Waals surface area (Å²) >= 11 is 0. The Kier molecular flexibility index (Phi) is 7.60. The van der Waals surface area contributed by atoms with Crippen molar-refractivity contribution in [3.05, 3.63) is 24.0 Å². The zero-order chi connectivity index (χ0) is 14.8. The molecule has 0 saturated carbocycles. The highest BCUT2D eigenvalue weighted by molar-refractivity contribution is 5.93. The number of likely N-dealkylation sites (N-methyl/N-ethyl adjacent to an activating group) is 1. The maximum atomic E-state index is 11.6. The van der Waals surface area contributed by atoms with E-state index in [0.29, 0.717) is 25.4 Å². The third kappa shape index (κ3) is 6.49. The summed E-state index contributed by atoms with van der Waals surface area (Å²) in [5, 5.41) is 5.94. The number of carbonyl (C=O) groups excluding carboxylic acids is 1. The van der Waals surface area contributed by atoms with E-state index in [-0.39, 0.29) is 5.91 Å². The fourth-order valence-electron chi connectivity index (χ4n) is 1.53. The van der Waals surface area contributed by atoms with E-state index < -0.39 is 0 Å². The molecule has 0 fully saturated rings. The molecule has 0 aromatic carbocycles. The average Bonchev–Trinajstić information content (AvgIpc) is 2.43. The second-order valence-corrected chi connectivity index (χ2v) is 4.63. The summed E-state index contributed by atoms with van der Waals surface area (Å²) in [6, 6.07) is 3.58. The first kappa shape index (κ1) is 16.4. The number of ether oxygens (including phenoxy) is 1. The molecular formula is C14H24N4O2. The lowest BCUT2D eigenvalue weighted by Gasteiger charge is -2.11. The number of hydrogen-bond donors (Lipinski definition) is 2. The molecule has 0 radical (unpaired) electrons. The first-order chi connectivity index (χ1) is 9.63. The first-order valence-electron chi connectivity index (χ1n) is 6.84. The number of carbonyl (C=O) groups is 1. The summed E-state index contributed by atoms with van der Waals surface area (Å²) in [4.78, 5) is 17.8. The van der Waals surface area contributed by atoms with Crippen LogP contribution in [0.4, 0.5) is 5.69 Å². The van der Waals surface area contributed by atoms with E-state index in [1.54, 1.807) is 12.3 Å². The Hall–Kier alpha value is -1.66. The lowest BCUT2D eigenvalue weighted by molar-refractivity contribution is 0.0951. The molecule has 2 N–H and O–H groups in total. The van der Waals surface area contributed by atoms with Crippen molar-refractivity contribution >= 4 is 11.6 Å². The van der Waals surface area contributed by atoms with E-state index in [9.17, 15) is 4.79 Å². The highest BCUT2D eigenvalue weighted by atomic mass is 16.5. The maximum Gasteiger partial charge on any atom is 0.269 e. The molecule has 112 valence electrons. The fourth-order valence-corrected chi connectivity index (χ4v) is 1.53. The standard InChI is InChI=1S/C14H24N4O2/c1-4-15-14(19)13-11-12(5-6-17-13)16-7-9-20-10-8-18(2)3/h5-6,11H,4,7-10H2,1-3H3,(H,15,19)(H,16,17). The largest absolute Gasteiger partial charge is 0.383 e. The number of nitrogens with zero attached hydrogens (tertiary/aromatic N) is 2. The van der Waals surface area contributed by atoms with Crippen LogP contribution in [0.5, 0.6) is 0 Å². The fraction of sp³-hybridized carbons (Fsp3) is 0.571. The number of rotatable bonds is 9. The summed E-state index contributed by atoms with van der Waals surface area (Å²) in [5.74, 6) is -0.154. The minimum absolute atomic E-state index is 0.154. The second kappa shape index (κ2) is 9.28. The van der Waals surface area contributed by atoms with Gasteiger partial charge in [-0.1, -0.05) is 0 Å². The number of anilines is 1. The molecule has 0 atom stereocenters. The first-order valence-corrected chi connectivity index (χ1v) is 6.84. The Labute approximate surface area is 120 Å². The Balaban J connectivity index is 2.30. The summed E-state index contributed by atoms with van der Waals surface area (Å²) in [7, 11) is 4.03. The van der Waals surface area contributed by atoms with Crippen LogP contribution in [-0.2, 0) is 4.74 Å². The number of amides is 1. The monoisotopic (exact) mass is 280 g/mol. The molecule has 0 bridgehead atoms. The topological polar surface area (TPSA) is 66.5 Å². The van der Waals surface area contributed by atoms with Gasteiger partial charge in [0.2, 0.25) is 0 Å². The van der Waals surface area contributed by atoms with Gasteiger partial charge in [0.1, 0.15) is 5.69 Å². The van der Waals surface area contributed by atoms with Crippen molar-refractivity contribution in [1.29, 1.82) is 0 Å². The summed E-state index contributed by atoms with van der Waals surface area (Å²) in [6.07, 6.45) is 1.62. The normalized spacial score (nSPS) is 10.6. The molecule has 0 aliphatic carbocycles. The van der Waals surface area contributed by atoms with Gasteiger partial charge in [-0.2, -0.15) is 0 Å². The number of hydrogen-bond acceptors (Lipinski definition) is 5. The van der Waals surface area contributed by atoms with Gasteiger partial charge in [-0.3, -0.25) is 9.78 Å². The second-order valence-electron chi connectivity index (χ2n) is 4.63. The van der Waals surface area contributed by atoms with Gasteiger partial charge in [0.25, 0.3) is 5.91 Å². The van der Waals surface area contributed by atoms with Crippen molar-refractivity contribution in [2.24, 2.45) is 0 Å². The van der Waals surface area contributed by atoms with Crippen molar-refractivity contribution in [2.45, 2.75) is 6.92 Å². The molecule has 1 heterocycles. The molecule has 20 heavy (non-hydrogen) atoms. The molecule has 0 aliphatic heterocycles. The lowest BCUT2D eigenvalue weighted by Crippen LogP contribution is -2.24. The molecule has 6 nitrogen and oxygen atoms in total. The predicted octanol–water partition coefficient (Wildman–Crippen LogP) is 0.821. The van der Waals surface area contributed by atoms with Crippen LogP contribution in [0.2, 0.25) is 0 Å². The van der Waals surface area contributed by atoms with Gasteiger partial charge in [-0.25, -0.2) is 0 Å². The highest BCUT2D eigenvalue weighted by Crippen LogP contribution is 2.07. The van der Waals surface area contributed by atoms with E-state index >= 15 is 0 Å². The predicted molar refractivity (Wildman–Crippen MR) is 80.1 cm³/mol. The van der Waals surface area contributed by atoms with Gasteiger partial charge in [0, 0.05) is 31.5 Å². The van der Waals surface area contributed by atoms with Crippen LogP contribution in [0, 0.1) is 0 Å². The van der Waals surface area contributed by atoms with Gasteiger partial charge >= 0.3 is 0 Å². The SMILES string of the molecule is CCNC(=O)c1cc(NCCOCCN(C)C)ccn1. The minimum atomic E-state index is -0.154. The minimum Gasteiger partial charge on any atom is -0.383 e. The molecule has 0 saturated heterocycles. The third-order valence-corrected chi connectivity index (χ3v) is 2.59. The number of pyridine rings is 1. The van der Waals surface area contributed by atoms with Gasteiger partial charge in [0.15, 0.2) is 0 Å². The third-order valence-electron chi connectivity index (χ3n) is 2.59. The van der Waals surface area contributed by atoms with E-state index in [2.05, 4.69) is 20.5 Å². The van der Waals surface area contributed by atoms with Crippen molar-refractivity contribution in [1.82, 2.24) is 15.2 Å². The molecule has 1 aromatic heterocycles. The van der Waals surface area contributed by atoms with Crippen LogP contribution in [0.3, 0.4) is 0 Å². The zero-order valence-electron chi connectivity index (χ0n) is 12.5. The van der Waals surface area contributed by atoms with Crippen LogP contribution in [-0.4, -0.2) is 62.7 Å². The number of nitrogens with one attached hydrogen (secondary N) is 2. The van der Waals surface area contributed by atoms with Gasteiger partial charge in [-0.15, -0.1) is 0 Å². The van der Waals surface area contributed by atoms with Crippen molar-refractivity contribution in [3.8, 4) is 0 Å². The molecule has 1 rings (SSSR count). The summed E-state index contributed by atoms with van der Waals surface area (Å²) in [6.45, 7) is 5.44. The lowest BCUT2D eigenvalue weighted by atomic mass is 10.3. The maximum absolute atomic E-state index is 11.6. The molecule has 6 heteroatoms. The van der Waals surface area contributed by atoms with Gasteiger partial charge < -0.3 is 20.3 Å². The van der Waals surface area contributed by atoms with Gasteiger partial charge in [-0.05, 0) is 33.2 Å². The van der Waals surface area contributed by atoms with Gasteiger partial charge in [0.05, 0.1) is 13.2 Å². The Morgan fingerprint density at radius 2 is 2.20 bits per heavy atom. The summed E-state index contributed by atoms with van der Waals surface area (Å²) < 4.78 is 5.48. The average molecular weight is 280 g/mol. The Morgan fingerprint density at radius 1 is 1.40 bits per heavy atom. The van der Waals surface area contributed by atoms with Crippen LogP contribution < -0.4 is 10.6 Å². The summed E-state index contributed by atoms with van der Waals surface area (Å²) in [5.41, 5.74) is 1.29. The van der Waals surface area contributed by atoms with Crippen molar-refractivity contribution in [3.63, 3.8) is 0 Å². The van der Waals surface area contributed by atoms with Crippen LogP contribution in [0.1, 0.15) is 17.4 Å². The molecule has 0 aliphatic rings. The molecule has 1 amide bonds. The van der Waals surface area contributed by atoms with Crippen molar-refractivity contribution in [2.75, 3.05) is 52.3 Å². The molecular weight excluding hydrogens is 256 g/mol. The quantitative estimate of drug-likeness (QED) is 0.656. The van der Waals surface area contributed by atoms with E-state index in [1.807, 2.05) is 27.1 Å². The van der Waals surface area contributed by atoms with Crippen LogP contribution >= 0.6 is 0 Å². The van der Waals surface area contributed by atoms with E-state index in [4.69, 9.17) is 4.74 Å². The molecule has 0 spiro atoms.